The van der Waals surface area contributed by atoms with Crippen LogP contribution in [0.4, 0.5) is 5.82 Å². The van der Waals surface area contributed by atoms with Crippen molar-refractivity contribution in [3.8, 4) is 0 Å². The van der Waals surface area contributed by atoms with Crippen LogP contribution in [0.3, 0.4) is 0 Å². The fourth-order valence-electron chi connectivity index (χ4n) is 1.85. The Balaban J connectivity index is 2.13. The topological polar surface area (TPSA) is 129 Å². The summed E-state index contributed by atoms with van der Waals surface area (Å²) in [5.74, 6) is 0.434. The summed E-state index contributed by atoms with van der Waals surface area (Å²) in [6, 6.07) is -0.487. The summed E-state index contributed by atoms with van der Waals surface area (Å²) in [7, 11) is 0. The highest BCUT2D eigenvalue weighted by atomic mass is 16.6. The van der Waals surface area contributed by atoms with Crippen molar-refractivity contribution in [3.05, 3.63) is 34.0 Å². The van der Waals surface area contributed by atoms with Crippen LogP contribution in [-0.2, 0) is 6.54 Å². The fourth-order valence-corrected chi connectivity index (χ4v) is 1.85. The molecule has 110 valence electrons. The minimum absolute atomic E-state index is 0.0930. The van der Waals surface area contributed by atoms with Crippen molar-refractivity contribution < 1.29 is 15.1 Å². The van der Waals surface area contributed by atoms with Crippen molar-refractivity contribution in [2.24, 2.45) is 0 Å². The molecule has 1 aromatic heterocycles. The molecular weight excluding hydrogens is 268 g/mol. The molecule has 0 amide bonds. The van der Waals surface area contributed by atoms with Crippen LogP contribution < -0.4 is 11.0 Å². The highest BCUT2D eigenvalue weighted by molar-refractivity contribution is 5.21. The van der Waals surface area contributed by atoms with E-state index in [4.69, 9.17) is 10.2 Å². The van der Waals surface area contributed by atoms with E-state index in [0.717, 1.165) is 0 Å². The molecule has 0 spiro atoms. The van der Waals surface area contributed by atoms with Gasteiger partial charge in [-0.25, -0.2) is 9.55 Å². The zero-order valence-electron chi connectivity index (χ0n) is 10.9. The van der Waals surface area contributed by atoms with E-state index >= 15 is 0 Å². The summed E-state index contributed by atoms with van der Waals surface area (Å²) >= 11 is 0. The normalized spacial score (nSPS) is 14.6. The van der Waals surface area contributed by atoms with Crippen LogP contribution >= 0.6 is 0 Å². The summed E-state index contributed by atoms with van der Waals surface area (Å²) < 4.78 is 1.46. The van der Waals surface area contributed by atoms with Gasteiger partial charge in [-0.05, 0) is 4.92 Å². The third-order valence-corrected chi connectivity index (χ3v) is 3.00. The highest BCUT2D eigenvalue weighted by Gasteiger charge is 2.23. The number of aromatic nitrogens is 2. The summed E-state index contributed by atoms with van der Waals surface area (Å²) in [5.41, 5.74) is 6.24. The van der Waals surface area contributed by atoms with Gasteiger partial charge in [0.25, 0.3) is 0 Å². The van der Waals surface area contributed by atoms with Crippen molar-refractivity contribution in [2.45, 2.75) is 19.5 Å². The van der Waals surface area contributed by atoms with Crippen LogP contribution in [-0.4, -0.2) is 49.0 Å². The van der Waals surface area contributed by atoms with Gasteiger partial charge in [-0.3, -0.25) is 5.01 Å². The molecule has 0 unspecified atom stereocenters. The minimum atomic E-state index is -0.495. The van der Waals surface area contributed by atoms with Crippen LogP contribution in [0.1, 0.15) is 5.82 Å². The molecule has 10 nitrogen and oxygen atoms in total. The molecule has 0 atom stereocenters. The van der Waals surface area contributed by atoms with E-state index in [1.807, 2.05) is 0 Å². The number of aliphatic hydroxyl groups excluding tert-OH is 2. The van der Waals surface area contributed by atoms with Crippen molar-refractivity contribution in [1.29, 1.82) is 0 Å². The predicted octanol–water partition coefficient (Wildman–Crippen LogP) is -1.38. The lowest BCUT2D eigenvalue weighted by Crippen LogP contribution is -2.46. The van der Waals surface area contributed by atoms with E-state index in [1.54, 1.807) is 13.1 Å². The first kappa shape index (κ1) is 14.2. The van der Waals surface area contributed by atoms with Gasteiger partial charge in [0, 0.05) is 13.1 Å². The number of hydrogen-bond donors (Lipinski definition) is 4. The van der Waals surface area contributed by atoms with Gasteiger partial charge in [0.1, 0.15) is 12.7 Å². The Hall–Kier alpha value is -2.17. The Morgan fingerprint density at radius 3 is 2.80 bits per heavy atom. The number of aliphatic hydroxyl groups is 2. The molecule has 0 bridgehead atoms. The maximum Gasteiger partial charge on any atom is 0.343 e. The first-order valence-electron chi connectivity index (χ1n) is 5.95. The number of rotatable bonds is 6. The number of nitrogens with one attached hydrogen (secondary N) is 2. The minimum Gasteiger partial charge on any atom is -0.394 e. The van der Waals surface area contributed by atoms with Gasteiger partial charge in [-0.2, -0.15) is 0 Å². The van der Waals surface area contributed by atoms with E-state index in [2.05, 4.69) is 15.9 Å². The molecule has 0 aliphatic carbocycles. The number of hydrazine groups is 2. The quantitative estimate of drug-likeness (QED) is 0.371. The SMILES string of the molecule is Cc1ncc([N+](=O)[O-])n1CC1=CN(C(CO)CO)NN1. The summed E-state index contributed by atoms with van der Waals surface area (Å²) in [6.07, 6.45) is 2.85. The van der Waals surface area contributed by atoms with Crippen molar-refractivity contribution >= 4 is 5.82 Å². The van der Waals surface area contributed by atoms with Gasteiger partial charge in [-0.15, -0.1) is 5.53 Å². The number of allylic oxidation sites excluding steroid dienone is 1. The molecule has 1 aliphatic rings. The molecule has 4 N–H and O–H groups in total. The molecule has 0 radical (unpaired) electrons. The maximum atomic E-state index is 10.9. The van der Waals surface area contributed by atoms with Crippen molar-refractivity contribution in [1.82, 2.24) is 25.5 Å². The van der Waals surface area contributed by atoms with Crippen LogP contribution in [0.25, 0.3) is 0 Å². The third kappa shape index (κ3) is 2.71. The van der Waals surface area contributed by atoms with Crippen LogP contribution in [0.5, 0.6) is 0 Å². The highest BCUT2D eigenvalue weighted by Crippen LogP contribution is 2.16. The number of imidazole rings is 1. The number of aryl methyl sites for hydroxylation is 1. The smallest absolute Gasteiger partial charge is 0.343 e. The molecule has 0 aromatic carbocycles. The molecule has 2 heterocycles. The van der Waals surface area contributed by atoms with E-state index in [-0.39, 0.29) is 25.6 Å². The molecule has 10 heteroatoms. The van der Waals surface area contributed by atoms with Gasteiger partial charge < -0.3 is 25.8 Å². The van der Waals surface area contributed by atoms with E-state index < -0.39 is 11.0 Å². The monoisotopic (exact) mass is 284 g/mol. The largest absolute Gasteiger partial charge is 0.394 e. The Labute approximate surface area is 114 Å². The van der Waals surface area contributed by atoms with E-state index in [1.165, 1.54) is 15.8 Å². The molecule has 0 fully saturated rings. The van der Waals surface area contributed by atoms with Gasteiger partial charge in [0.15, 0.2) is 5.82 Å². The van der Waals surface area contributed by atoms with Crippen LogP contribution in [0, 0.1) is 17.0 Å². The lowest BCUT2D eigenvalue weighted by molar-refractivity contribution is -0.392. The zero-order valence-corrected chi connectivity index (χ0v) is 10.9. The average molecular weight is 284 g/mol. The van der Waals surface area contributed by atoms with Gasteiger partial charge >= 0.3 is 5.82 Å². The van der Waals surface area contributed by atoms with E-state index in [0.29, 0.717) is 11.5 Å². The summed E-state index contributed by atoms with van der Waals surface area (Å²) in [5, 5.41) is 30.6. The molecule has 1 aromatic rings. The fraction of sp³-hybridized carbons (Fsp3) is 0.500. The van der Waals surface area contributed by atoms with Crippen molar-refractivity contribution in [3.63, 3.8) is 0 Å². The number of nitro groups is 1. The maximum absolute atomic E-state index is 10.9. The first-order chi connectivity index (χ1) is 9.56. The van der Waals surface area contributed by atoms with Crippen molar-refractivity contribution in [2.75, 3.05) is 13.2 Å². The lowest BCUT2D eigenvalue weighted by atomic mass is 10.3. The first-order valence-corrected chi connectivity index (χ1v) is 5.95. The molecule has 0 saturated heterocycles. The summed E-state index contributed by atoms with van der Waals surface area (Å²) in [6.45, 7) is 1.46. The van der Waals surface area contributed by atoms with Gasteiger partial charge in [-0.1, -0.05) is 0 Å². The standard InChI is InChI=1S/C10H16N6O4/c1-7-11-2-10(16(19)20)14(7)3-8-4-15(13-12-8)9(5-17)6-18/h2,4,9,12-13,17-18H,3,5-6H2,1H3. The second kappa shape index (κ2) is 5.86. The molecular formula is C10H16N6O4. The van der Waals surface area contributed by atoms with Crippen LogP contribution in [0.2, 0.25) is 0 Å². The average Bonchev–Trinajstić information content (AvgIpc) is 3.00. The Morgan fingerprint density at radius 1 is 1.50 bits per heavy atom. The summed E-state index contributed by atoms with van der Waals surface area (Å²) in [4.78, 5) is 14.3. The predicted molar refractivity (Wildman–Crippen MR) is 67.8 cm³/mol. The number of hydrogen-bond acceptors (Lipinski definition) is 8. The van der Waals surface area contributed by atoms with Gasteiger partial charge in [0.05, 0.1) is 25.0 Å². The zero-order chi connectivity index (χ0) is 14.7. The Morgan fingerprint density at radius 2 is 2.20 bits per heavy atom. The second-order valence-electron chi connectivity index (χ2n) is 4.32. The van der Waals surface area contributed by atoms with Crippen LogP contribution in [0.15, 0.2) is 18.1 Å². The molecule has 2 rings (SSSR count). The second-order valence-corrected chi connectivity index (χ2v) is 4.32. The Bertz CT molecular complexity index is 524. The lowest BCUT2D eigenvalue weighted by Gasteiger charge is -2.22. The number of nitrogens with zero attached hydrogens (tertiary/aromatic N) is 4. The molecule has 1 aliphatic heterocycles. The van der Waals surface area contributed by atoms with Gasteiger partial charge in [0.2, 0.25) is 0 Å². The van der Waals surface area contributed by atoms with E-state index in [9.17, 15) is 10.1 Å². The molecule has 0 saturated carbocycles. The third-order valence-electron chi connectivity index (χ3n) is 3.00. The Kier molecular flexibility index (Phi) is 4.17. The molecule has 20 heavy (non-hydrogen) atoms.